The first kappa shape index (κ1) is 13.6. The molecule has 0 aromatic heterocycles. The van der Waals surface area contributed by atoms with E-state index in [0.717, 1.165) is 0 Å². The molecule has 2 nitrogen and oxygen atoms in total. The molecule has 0 spiro atoms. The number of hydrogen-bond acceptors (Lipinski definition) is 2. The lowest BCUT2D eigenvalue weighted by Gasteiger charge is -2.08. The molecule has 0 amide bonds. The van der Waals surface area contributed by atoms with Gasteiger partial charge < -0.3 is 5.73 Å². The lowest BCUT2D eigenvalue weighted by molar-refractivity contribution is 0.612. The Bertz CT molecular complexity index is 386. The smallest absolute Gasteiger partial charge is 0.128 e. The summed E-state index contributed by atoms with van der Waals surface area (Å²) in [5.41, 5.74) is 5.87. The molecular weight excluding hydrogens is 249 g/mol. The number of nitrogens with two attached hydrogens (primary N) is 1. The zero-order valence-electron chi connectivity index (χ0n) is 9.08. The van der Waals surface area contributed by atoms with Gasteiger partial charge in [-0.3, -0.25) is 4.21 Å². The van der Waals surface area contributed by atoms with Gasteiger partial charge in [0.1, 0.15) is 5.82 Å². The maximum Gasteiger partial charge on any atom is 0.128 e. The molecule has 0 saturated heterocycles. The molecule has 1 aromatic rings. The van der Waals surface area contributed by atoms with Crippen LogP contribution in [0, 0.1) is 11.7 Å². The quantitative estimate of drug-likeness (QED) is 0.886. The van der Waals surface area contributed by atoms with Crippen molar-refractivity contribution in [2.24, 2.45) is 11.7 Å². The third-order valence-electron chi connectivity index (χ3n) is 2.20. The minimum Gasteiger partial charge on any atom is -0.330 e. The zero-order valence-corrected chi connectivity index (χ0v) is 10.7. The zero-order chi connectivity index (χ0) is 12.1. The Balaban J connectivity index is 2.63. The standard InChI is InChI=1S/C11H15ClFNOS/c1-8(5-14)6-16(15)7-9-2-3-10(12)4-11(9)13/h2-4,8H,5-7,14H2,1H3. The van der Waals surface area contributed by atoms with Crippen LogP contribution >= 0.6 is 11.6 Å². The van der Waals surface area contributed by atoms with Crippen LogP contribution in [0.4, 0.5) is 4.39 Å². The largest absolute Gasteiger partial charge is 0.330 e. The second kappa shape index (κ2) is 6.33. The minimum absolute atomic E-state index is 0.191. The molecular formula is C11H15ClFNOS. The van der Waals surface area contributed by atoms with E-state index in [2.05, 4.69) is 0 Å². The molecule has 5 heteroatoms. The molecule has 16 heavy (non-hydrogen) atoms. The molecule has 1 rings (SSSR count). The Labute approximate surface area is 102 Å². The second-order valence-electron chi connectivity index (χ2n) is 3.83. The van der Waals surface area contributed by atoms with Gasteiger partial charge in [-0.1, -0.05) is 24.6 Å². The second-order valence-corrected chi connectivity index (χ2v) is 5.77. The molecule has 0 radical (unpaired) electrons. The number of hydrogen-bond donors (Lipinski definition) is 1. The maximum atomic E-state index is 13.4. The van der Waals surface area contributed by atoms with Crippen molar-refractivity contribution in [2.45, 2.75) is 12.7 Å². The van der Waals surface area contributed by atoms with Crippen molar-refractivity contribution in [1.29, 1.82) is 0 Å². The highest BCUT2D eigenvalue weighted by molar-refractivity contribution is 7.84. The molecule has 90 valence electrons. The van der Waals surface area contributed by atoms with Crippen LogP contribution in [-0.2, 0) is 16.6 Å². The fraction of sp³-hybridized carbons (Fsp3) is 0.455. The van der Waals surface area contributed by atoms with Crippen LogP contribution in [0.2, 0.25) is 5.02 Å². The summed E-state index contributed by atoms with van der Waals surface area (Å²) in [6.07, 6.45) is 0. The summed E-state index contributed by atoms with van der Waals surface area (Å²) in [7, 11) is -1.08. The summed E-state index contributed by atoms with van der Waals surface area (Å²) >= 11 is 5.63. The van der Waals surface area contributed by atoms with Gasteiger partial charge in [0, 0.05) is 27.1 Å². The first-order valence-corrected chi connectivity index (χ1v) is 6.88. The SMILES string of the molecule is CC(CN)CS(=O)Cc1ccc(Cl)cc1F. The Morgan fingerprint density at radius 2 is 2.25 bits per heavy atom. The van der Waals surface area contributed by atoms with Crippen LogP contribution in [0.25, 0.3) is 0 Å². The maximum absolute atomic E-state index is 13.4. The van der Waals surface area contributed by atoms with Gasteiger partial charge in [-0.2, -0.15) is 0 Å². The summed E-state index contributed by atoms with van der Waals surface area (Å²) in [5, 5.41) is 0.349. The summed E-state index contributed by atoms with van der Waals surface area (Å²) < 4.78 is 25.1. The first-order valence-electron chi connectivity index (χ1n) is 5.02. The highest BCUT2D eigenvalue weighted by Crippen LogP contribution is 2.16. The van der Waals surface area contributed by atoms with Gasteiger partial charge in [0.05, 0.1) is 5.75 Å². The molecule has 0 aliphatic carbocycles. The van der Waals surface area contributed by atoms with E-state index in [4.69, 9.17) is 17.3 Å². The molecule has 1 aromatic carbocycles. The van der Waals surface area contributed by atoms with E-state index in [1.165, 1.54) is 6.07 Å². The van der Waals surface area contributed by atoms with Crippen LogP contribution in [0.15, 0.2) is 18.2 Å². The summed E-state index contributed by atoms with van der Waals surface area (Å²) in [6.45, 7) is 2.42. The third kappa shape index (κ3) is 4.20. The van der Waals surface area contributed by atoms with Crippen LogP contribution < -0.4 is 5.73 Å². The van der Waals surface area contributed by atoms with Crippen molar-refractivity contribution < 1.29 is 8.60 Å². The van der Waals surface area contributed by atoms with Crippen molar-refractivity contribution in [1.82, 2.24) is 0 Å². The lowest BCUT2D eigenvalue weighted by Crippen LogP contribution is -2.18. The topological polar surface area (TPSA) is 43.1 Å². The monoisotopic (exact) mass is 263 g/mol. The van der Waals surface area contributed by atoms with Gasteiger partial charge in [0.2, 0.25) is 0 Å². The molecule has 0 aliphatic rings. The van der Waals surface area contributed by atoms with Crippen molar-refractivity contribution in [3.8, 4) is 0 Å². The van der Waals surface area contributed by atoms with E-state index < -0.39 is 16.6 Å². The van der Waals surface area contributed by atoms with Crippen molar-refractivity contribution in [3.05, 3.63) is 34.6 Å². The number of halogens is 2. The Morgan fingerprint density at radius 1 is 1.56 bits per heavy atom. The van der Waals surface area contributed by atoms with Crippen molar-refractivity contribution in [2.75, 3.05) is 12.3 Å². The van der Waals surface area contributed by atoms with E-state index in [1.807, 2.05) is 6.92 Å². The van der Waals surface area contributed by atoms with Gasteiger partial charge >= 0.3 is 0 Å². The van der Waals surface area contributed by atoms with E-state index in [-0.39, 0.29) is 11.7 Å². The van der Waals surface area contributed by atoms with Crippen LogP contribution in [0.5, 0.6) is 0 Å². The van der Waals surface area contributed by atoms with E-state index in [1.54, 1.807) is 12.1 Å². The van der Waals surface area contributed by atoms with Crippen LogP contribution in [0.3, 0.4) is 0 Å². The third-order valence-corrected chi connectivity index (χ3v) is 4.01. The predicted octanol–water partition coefficient (Wildman–Crippen LogP) is 2.32. The molecule has 0 aliphatic heterocycles. The number of rotatable bonds is 5. The van der Waals surface area contributed by atoms with Gasteiger partial charge in [-0.05, 0) is 24.6 Å². The molecule has 0 bridgehead atoms. The van der Waals surface area contributed by atoms with Gasteiger partial charge in [0.25, 0.3) is 0 Å². The summed E-state index contributed by atoms with van der Waals surface area (Å²) in [4.78, 5) is 0. The highest BCUT2D eigenvalue weighted by Gasteiger charge is 2.10. The van der Waals surface area contributed by atoms with E-state index >= 15 is 0 Å². The summed E-state index contributed by atoms with van der Waals surface area (Å²) in [6, 6.07) is 4.41. The molecule has 2 N–H and O–H groups in total. The van der Waals surface area contributed by atoms with Crippen molar-refractivity contribution >= 4 is 22.4 Å². The Hall–Kier alpha value is -0.450. The van der Waals surface area contributed by atoms with Gasteiger partial charge in [-0.15, -0.1) is 0 Å². The predicted molar refractivity (Wildman–Crippen MR) is 66.3 cm³/mol. The fourth-order valence-corrected chi connectivity index (χ4v) is 2.88. The Kier molecular flexibility index (Phi) is 5.38. The Morgan fingerprint density at radius 3 is 2.81 bits per heavy atom. The van der Waals surface area contributed by atoms with E-state index in [9.17, 15) is 8.60 Å². The van der Waals surface area contributed by atoms with E-state index in [0.29, 0.717) is 22.9 Å². The normalized spacial score (nSPS) is 14.8. The minimum atomic E-state index is -1.08. The first-order chi connectivity index (χ1) is 7.52. The molecule has 0 saturated carbocycles. The lowest BCUT2D eigenvalue weighted by atomic mass is 10.2. The summed E-state index contributed by atoms with van der Waals surface area (Å²) in [5.74, 6) is 0.503. The highest BCUT2D eigenvalue weighted by atomic mass is 35.5. The van der Waals surface area contributed by atoms with Gasteiger partial charge in [-0.25, -0.2) is 4.39 Å². The molecule has 0 heterocycles. The van der Waals surface area contributed by atoms with Gasteiger partial charge in [0.15, 0.2) is 0 Å². The fourth-order valence-electron chi connectivity index (χ4n) is 1.26. The average molecular weight is 264 g/mol. The van der Waals surface area contributed by atoms with Crippen molar-refractivity contribution in [3.63, 3.8) is 0 Å². The number of benzene rings is 1. The average Bonchev–Trinajstić information content (AvgIpc) is 2.22. The van der Waals surface area contributed by atoms with Crippen LogP contribution in [-0.4, -0.2) is 16.5 Å². The van der Waals surface area contributed by atoms with Crippen LogP contribution in [0.1, 0.15) is 12.5 Å². The molecule has 2 unspecified atom stereocenters. The molecule has 2 atom stereocenters. The molecule has 0 fully saturated rings.